The van der Waals surface area contributed by atoms with Crippen molar-refractivity contribution in [2.45, 2.75) is 24.6 Å². The fraction of sp³-hybridized carbons (Fsp3) is 0.182. The minimum absolute atomic E-state index is 0.0909. The number of ether oxygens (including phenoxy) is 1. The number of carbonyl (C=O) groups excluding carboxylic acids is 3. The number of carbonyl (C=O) groups is 3. The Bertz CT molecular complexity index is 1700. The van der Waals surface area contributed by atoms with Crippen molar-refractivity contribution >= 4 is 51.9 Å². The van der Waals surface area contributed by atoms with E-state index < -0.39 is 22.9 Å². The summed E-state index contributed by atoms with van der Waals surface area (Å²) in [4.78, 5) is 48.0. The van der Waals surface area contributed by atoms with Crippen LogP contribution in [-0.2, 0) is 27.3 Å². The number of aliphatic imine (C=N–C) groups is 1. The van der Waals surface area contributed by atoms with E-state index in [1.54, 1.807) is 23.2 Å². The third-order valence-electron chi connectivity index (χ3n) is 6.80. The predicted molar refractivity (Wildman–Crippen MR) is 173 cm³/mol. The Balaban J connectivity index is 1.27. The topological polar surface area (TPSA) is 127 Å². The minimum Gasteiger partial charge on any atom is -0.484 e. The third kappa shape index (κ3) is 8.68. The maximum absolute atomic E-state index is 13.6. The molecule has 1 atom stereocenters. The quantitative estimate of drug-likeness (QED) is 0.210. The molecule has 2 heterocycles. The fourth-order valence-electron chi connectivity index (χ4n) is 4.56. The molecule has 3 amide bonds. The smallest absolute Gasteiger partial charge is 0.255 e. The van der Waals surface area contributed by atoms with Crippen LogP contribution < -0.4 is 15.8 Å². The Labute approximate surface area is 268 Å². The van der Waals surface area contributed by atoms with E-state index in [2.05, 4.69) is 10.3 Å². The van der Waals surface area contributed by atoms with Crippen molar-refractivity contribution in [3.63, 3.8) is 0 Å². The SMILES string of the molecule is NC(=O)COc1ccc(-c2ccc(CN3C(=O)C(CC(=O)Nc4ccc(F)c(Cl)c4)SC3=NCCc3ccccn3)cc2)cc1. The largest absolute Gasteiger partial charge is 0.484 e. The first kappa shape index (κ1) is 31.7. The van der Waals surface area contributed by atoms with E-state index in [-0.39, 0.29) is 30.5 Å². The maximum Gasteiger partial charge on any atom is 0.255 e. The molecule has 1 unspecified atom stereocenters. The van der Waals surface area contributed by atoms with Crippen LogP contribution in [0, 0.1) is 5.82 Å². The number of rotatable bonds is 12. The molecule has 0 saturated carbocycles. The molecule has 1 aromatic heterocycles. The van der Waals surface area contributed by atoms with E-state index in [9.17, 15) is 18.8 Å². The maximum atomic E-state index is 13.6. The van der Waals surface area contributed by atoms with Gasteiger partial charge in [0.05, 0.1) is 11.6 Å². The number of pyridine rings is 1. The van der Waals surface area contributed by atoms with E-state index in [4.69, 9.17) is 27.1 Å². The molecule has 1 aliphatic rings. The van der Waals surface area contributed by atoms with Gasteiger partial charge >= 0.3 is 0 Å². The molecular formula is C33H29ClFN5O4S. The zero-order valence-corrected chi connectivity index (χ0v) is 25.6. The van der Waals surface area contributed by atoms with Gasteiger partial charge in [0.25, 0.3) is 5.91 Å². The number of anilines is 1. The van der Waals surface area contributed by atoms with Gasteiger partial charge in [-0.2, -0.15) is 0 Å². The number of thioether (sulfide) groups is 1. The Morgan fingerprint density at radius 1 is 1.04 bits per heavy atom. The lowest BCUT2D eigenvalue weighted by atomic mass is 10.0. The highest BCUT2D eigenvalue weighted by Gasteiger charge is 2.39. The second-order valence-corrected chi connectivity index (χ2v) is 11.7. The van der Waals surface area contributed by atoms with Gasteiger partial charge in [0.15, 0.2) is 11.8 Å². The van der Waals surface area contributed by atoms with Gasteiger partial charge in [-0.15, -0.1) is 0 Å². The number of amidine groups is 1. The number of amides is 3. The Morgan fingerprint density at radius 3 is 2.44 bits per heavy atom. The van der Waals surface area contributed by atoms with Gasteiger partial charge in [0.1, 0.15) is 16.8 Å². The van der Waals surface area contributed by atoms with Gasteiger partial charge in [0, 0.05) is 37.0 Å². The molecule has 1 saturated heterocycles. The molecule has 0 bridgehead atoms. The van der Waals surface area contributed by atoms with E-state index in [0.29, 0.717) is 29.6 Å². The van der Waals surface area contributed by atoms with Crippen LogP contribution in [0.1, 0.15) is 17.7 Å². The summed E-state index contributed by atoms with van der Waals surface area (Å²) in [7, 11) is 0. The lowest BCUT2D eigenvalue weighted by Crippen LogP contribution is -2.33. The van der Waals surface area contributed by atoms with Gasteiger partial charge in [-0.05, 0) is 59.2 Å². The number of nitrogens with zero attached hydrogens (tertiary/aromatic N) is 3. The number of nitrogens with one attached hydrogen (secondary N) is 1. The first-order chi connectivity index (χ1) is 21.7. The first-order valence-corrected chi connectivity index (χ1v) is 15.3. The van der Waals surface area contributed by atoms with Crippen LogP contribution in [0.4, 0.5) is 10.1 Å². The minimum atomic E-state index is -0.677. The van der Waals surface area contributed by atoms with Gasteiger partial charge in [-0.25, -0.2) is 4.39 Å². The van der Waals surface area contributed by atoms with E-state index in [1.807, 2.05) is 54.6 Å². The van der Waals surface area contributed by atoms with Crippen LogP contribution in [0.2, 0.25) is 5.02 Å². The van der Waals surface area contributed by atoms with Crippen molar-refractivity contribution in [1.82, 2.24) is 9.88 Å². The van der Waals surface area contributed by atoms with Gasteiger partial charge in [-0.3, -0.25) is 29.3 Å². The highest BCUT2D eigenvalue weighted by atomic mass is 35.5. The van der Waals surface area contributed by atoms with Gasteiger partial charge in [-0.1, -0.05) is 65.8 Å². The standard InChI is InChI=1S/C33H29ClFN5O4S/c34-27-17-25(10-13-28(27)35)39-31(42)18-29-32(43)40(33(45-29)38-16-14-24-3-1-2-15-37-24)19-21-4-6-22(7-5-21)23-8-11-26(12-9-23)44-20-30(36)41/h1-13,15,17,29H,14,16,18-20H2,(H2,36,41)(H,39,42). The molecule has 5 rings (SSSR count). The monoisotopic (exact) mass is 645 g/mol. The second-order valence-electron chi connectivity index (χ2n) is 10.1. The van der Waals surface area contributed by atoms with E-state index in [0.717, 1.165) is 22.4 Å². The van der Waals surface area contributed by atoms with Gasteiger partial charge in [0.2, 0.25) is 11.8 Å². The zero-order chi connectivity index (χ0) is 31.8. The molecule has 1 aliphatic heterocycles. The number of hydrogen-bond acceptors (Lipinski definition) is 7. The number of nitrogens with two attached hydrogens (primary N) is 1. The molecular weight excluding hydrogens is 617 g/mol. The van der Waals surface area contributed by atoms with E-state index in [1.165, 1.54) is 30.0 Å². The van der Waals surface area contributed by atoms with Crippen LogP contribution in [0.5, 0.6) is 5.75 Å². The van der Waals surface area contributed by atoms with Crippen molar-refractivity contribution in [1.29, 1.82) is 0 Å². The molecule has 4 aromatic rings. The molecule has 45 heavy (non-hydrogen) atoms. The molecule has 230 valence electrons. The van der Waals surface area contributed by atoms with Crippen LogP contribution >= 0.6 is 23.4 Å². The molecule has 0 aliphatic carbocycles. The molecule has 0 radical (unpaired) electrons. The first-order valence-electron chi connectivity index (χ1n) is 14.0. The fourth-order valence-corrected chi connectivity index (χ4v) is 5.90. The van der Waals surface area contributed by atoms with Crippen molar-refractivity contribution in [2.24, 2.45) is 10.7 Å². The molecule has 3 aromatic carbocycles. The van der Waals surface area contributed by atoms with Gasteiger partial charge < -0.3 is 15.8 Å². The predicted octanol–water partition coefficient (Wildman–Crippen LogP) is 5.48. The number of benzene rings is 3. The number of hydrogen-bond donors (Lipinski definition) is 2. The Kier molecular flexibility index (Phi) is 10.4. The van der Waals surface area contributed by atoms with E-state index >= 15 is 0 Å². The Hall–Kier alpha value is -4.74. The lowest BCUT2D eigenvalue weighted by molar-refractivity contribution is -0.128. The molecule has 12 heteroatoms. The van der Waals surface area contributed by atoms with Crippen LogP contribution in [-0.4, -0.2) is 51.2 Å². The van der Waals surface area contributed by atoms with Crippen molar-refractivity contribution in [3.05, 3.63) is 113 Å². The zero-order valence-electron chi connectivity index (χ0n) is 24.0. The summed E-state index contributed by atoms with van der Waals surface area (Å²) in [5.41, 5.74) is 9.16. The summed E-state index contributed by atoms with van der Waals surface area (Å²) in [6.07, 6.45) is 2.23. The summed E-state index contributed by atoms with van der Waals surface area (Å²) < 4.78 is 18.9. The van der Waals surface area contributed by atoms with Crippen molar-refractivity contribution in [3.8, 4) is 16.9 Å². The number of halogens is 2. The van der Waals surface area contributed by atoms with Crippen LogP contribution in [0.15, 0.2) is 96.1 Å². The summed E-state index contributed by atoms with van der Waals surface area (Å²) >= 11 is 7.09. The van der Waals surface area contributed by atoms with Crippen LogP contribution in [0.25, 0.3) is 11.1 Å². The molecule has 0 spiro atoms. The second kappa shape index (κ2) is 14.8. The third-order valence-corrected chi connectivity index (χ3v) is 8.30. The summed E-state index contributed by atoms with van der Waals surface area (Å²) in [6, 6.07) is 24.7. The average molecular weight is 646 g/mol. The normalized spacial score (nSPS) is 15.3. The number of primary amides is 1. The van der Waals surface area contributed by atoms with Crippen molar-refractivity contribution < 1.29 is 23.5 Å². The average Bonchev–Trinajstić information content (AvgIpc) is 3.32. The van der Waals surface area contributed by atoms with Crippen LogP contribution in [0.3, 0.4) is 0 Å². The summed E-state index contributed by atoms with van der Waals surface area (Å²) in [5.74, 6) is -1.21. The van der Waals surface area contributed by atoms with Crippen molar-refractivity contribution in [2.75, 3.05) is 18.5 Å². The highest BCUT2D eigenvalue weighted by molar-refractivity contribution is 8.15. The molecule has 1 fully saturated rings. The highest BCUT2D eigenvalue weighted by Crippen LogP contribution is 2.32. The lowest BCUT2D eigenvalue weighted by Gasteiger charge is -2.17. The molecule has 3 N–H and O–H groups in total. The summed E-state index contributed by atoms with van der Waals surface area (Å²) in [5, 5.41) is 2.44. The number of aromatic nitrogens is 1. The Morgan fingerprint density at radius 2 is 1.78 bits per heavy atom. The summed E-state index contributed by atoms with van der Waals surface area (Å²) in [6.45, 7) is 0.513. The molecule has 9 nitrogen and oxygen atoms in total.